The van der Waals surface area contributed by atoms with Crippen LogP contribution in [0.15, 0.2) is 0 Å². The molecule has 0 aliphatic rings. The maximum absolute atomic E-state index is 12.1. The van der Waals surface area contributed by atoms with Crippen LogP contribution in [-0.2, 0) is 28.6 Å². The third-order valence-corrected chi connectivity index (χ3v) is 5.29. The molecule has 0 saturated carbocycles. The van der Waals surface area contributed by atoms with Gasteiger partial charge in [0.15, 0.2) is 6.10 Å². The van der Waals surface area contributed by atoms with E-state index < -0.39 is 6.10 Å². The van der Waals surface area contributed by atoms with Crippen LogP contribution in [0.1, 0.15) is 125 Å². The van der Waals surface area contributed by atoms with Gasteiger partial charge >= 0.3 is 17.9 Å². The molecule has 0 rings (SSSR count). The first kappa shape index (κ1) is 31.4. The minimum Gasteiger partial charge on any atom is -0.462 e. The second kappa shape index (κ2) is 21.0. The Morgan fingerprint density at radius 2 is 1.00 bits per heavy atom. The molecule has 0 bridgehead atoms. The van der Waals surface area contributed by atoms with Crippen LogP contribution in [0, 0.1) is 11.8 Å². The van der Waals surface area contributed by atoms with Crippen molar-refractivity contribution in [2.45, 2.75) is 131 Å². The number of carbonyl (C=O) groups excluding carboxylic acids is 3. The van der Waals surface area contributed by atoms with Crippen molar-refractivity contribution < 1.29 is 28.6 Å². The molecule has 0 aliphatic heterocycles. The van der Waals surface area contributed by atoms with E-state index in [0.29, 0.717) is 12.8 Å². The smallest absolute Gasteiger partial charge is 0.306 e. The first-order chi connectivity index (χ1) is 15.7. The van der Waals surface area contributed by atoms with Crippen molar-refractivity contribution in [1.82, 2.24) is 0 Å². The predicted molar refractivity (Wildman–Crippen MR) is 132 cm³/mol. The number of esters is 3. The van der Waals surface area contributed by atoms with E-state index in [1.54, 1.807) is 0 Å². The molecule has 0 saturated heterocycles. The Bertz CT molecular complexity index is 515. The van der Waals surface area contributed by atoms with Crippen LogP contribution >= 0.6 is 0 Å². The van der Waals surface area contributed by atoms with E-state index in [-0.39, 0.29) is 49.4 Å². The van der Waals surface area contributed by atoms with Crippen molar-refractivity contribution in [1.29, 1.82) is 0 Å². The topological polar surface area (TPSA) is 78.9 Å². The molecule has 6 nitrogen and oxygen atoms in total. The molecule has 0 radical (unpaired) electrons. The Labute approximate surface area is 202 Å². The van der Waals surface area contributed by atoms with Gasteiger partial charge in [-0.2, -0.15) is 0 Å². The zero-order chi connectivity index (χ0) is 24.9. The van der Waals surface area contributed by atoms with Crippen LogP contribution in [0.2, 0.25) is 0 Å². The zero-order valence-corrected chi connectivity index (χ0v) is 22.0. The minimum absolute atomic E-state index is 0.0876. The second-order valence-corrected chi connectivity index (χ2v) is 9.96. The average molecular weight is 471 g/mol. The Balaban J connectivity index is 4.07. The Hall–Kier alpha value is -1.59. The lowest BCUT2D eigenvalue weighted by Crippen LogP contribution is -2.31. The van der Waals surface area contributed by atoms with Crippen molar-refractivity contribution >= 4 is 17.9 Å². The summed E-state index contributed by atoms with van der Waals surface area (Å²) in [4.78, 5) is 35.9. The van der Waals surface area contributed by atoms with Crippen molar-refractivity contribution in [2.75, 3.05) is 13.2 Å². The van der Waals surface area contributed by atoms with Gasteiger partial charge in [0.1, 0.15) is 13.2 Å². The number of rotatable bonds is 21. The van der Waals surface area contributed by atoms with Crippen LogP contribution < -0.4 is 0 Å². The lowest BCUT2D eigenvalue weighted by molar-refractivity contribution is -0.167. The summed E-state index contributed by atoms with van der Waals surface area (Å²) < 4.78 is 15.9. The number of hydrogen-bond donors (Lipinski definition) is 0. The lowest BCUT2D eigenvalue weighted by Gasteiger charge is -2.19. The quantitative estimate of drug-likeness (QED) is 0.104. The van der Waals surface area contributed by atoms with Crippen LogP contribution in [0.25, 0.3) is 0 Å². The van der Waals surface area contributed by atoms with Gasteiger partial charge in [-0.3, -0.25) is 14.4 Å². The minimum atomic E-state index is -0.770. The number of hydrogen-bond acceptors (Lipinski definition) is 6. The highest BCUT2D eigenvalue weighted by atomic mass is 16.6. The van der Waals surface area contributed by atoms with E-state index in [9.17, 15) is 14.4 Å². The van der Waals surface area contributed by atoms with Crippen LogP contribution in [-0.4, -0.2) is 37.2 Å². The molecular weight excluding hydrogens is 420 g/mol. The molecule has 0 aromatic carbocycles. The van der Waals surface area contributed by atoms with Gasteiger partial charge in [0.05, 0.1) is 0 Å². The fourth-order valence-electron chi connectivity index (χ4n) is 3.45. The predicted octanol–water partition coefficient (Wildman–Crippen LogP) is 6.78. The van der Waals surface area contributed by atoms with Gasteiger partial charge in [-0.1, -0.05) is 98.8 Å². The Morgan fingerprint density at radius 1 is 0.576 bits per heavy atom. The molecule has 0 aliphatic carbocycles. The summed E-state index contributed by atoms with van der Waals surface area (Å²) in [5.41, 5.74) is 0. The summed E-state index contributed by atoms with van der Waals surface area (Å²) in [5.74, 6) is -0.684. The molecule has 0 heterocycles. The maximum atomic E-state index is 12.1. The molecule has 0 unspecified atom stereocenters. The Kier molecular flexibility index (Phi) is 20.0. The second-order valence-electron chi connectivity index (χ2n) is 9.96. The third kappa shape index (κ3) is 22.0. The molecule has 0 aromatic rings. The molecule has 33 heavy (non-hydrogen) atoms. The van der Waals surface area contributed by atoms with Crippen molar-refractivity contribution in [3.63, 3.8) is 0 Å². The van der Waals surface area contributed by atoms with Gasteiger partial charge in [-0.25, -0.2) is 0 Å². The fourth-order valence-corrected chi connectivity index (χ4v) is 3.45. The van der Waals surface area contributed by atoms with Crippen molar-refractivity contribution in [2.24, 2.45) is 11.8 Å². The Morgan fingerprint density at radius 3 is 1.48 bits per heavy atom. The molecule has 0 spiro atoms. The van der Waals surface area contributed by atoms with Gasteiger partial charge in [-0.05, 0) is 18.3 Å². The van der Waals surface area contributed by atoms with Gasteiger partial charge in [-0.15, -0.1) is 0 Å². The van der Waals surface area contributed by atoms with Gasteiger partial charge in [0.25, 0.3) is 0 Å². The standard InChI is InChI=1S/C27H50O6/c1-6-7-8-9-10-11-12-13-14-15-16-17-25(28)31-20-24(33-27(30)19-23(4)5)21-32-26(29)18-22(2)3/h22-24H,6-21H2,1-5H3/t24-/m1/s1. The number of ether oxygens (including phenoxy) is 3. The van der Waals surface area contributed by atoms with Crippen LogP contribution in [0.4, 0.5) is 0 Å². The molecule has 6 heteroatoms. The van der Waals surface area contributed by atoms with E-state index in [2.05, 4.69) is 6.92 Å². The highest BCUT2D eigenvalue weighted by Crippen LogP contribution is 2.12. The molecule has 0 N–H and O–H groups in total. The summed E-state index contributed by atoms with van der Waals surface area (Å²) in [5, 5.41) is 0. The van der Waals surface area contributed by atoms with Crippen LogP contribution in [0.5, 0.6) is 0 Å². The van der Waals surface area contributed by atoms with Crippen LogP contribution in [0.3, 0.4) is 0 Å². The third-order valence-electron chi connectivity index (χ3n) is 5.29. The van der Waals surface area contributed by atoms with Crippen molar-refractivity contribution in [3.05, 3.63) is 0 Å². The van der Waals surface area contributed by atoms with Gasteiger partial charge in [0, 0.05) is 19.3 Å². The molecule has 0 aromatic heterocycles. The summed E-state index contributed by atoms with van der Waals surface area (Å²) in [6.45, 7) is 9.76. The normalized spacial score (nSPS) is 12.1. The first-order valence-electron chi connectivity index (χ1n) is 13.2. The largest absolute Gasteiger partial charge is 0.462 e. The molecular formula is C27H50O6. The highest BCUT2D eigenvalue weighted by molar-refractivity contribution is 5.71. The van der Waals surface area contributed by atoms with E-state index >= 15 is 0 Å². The maximum Gasteiger partial charge on any atom is 0.306 e. The number of unbranched alkanes of at least 4 members (excludes halogenated alkanes) is 10. The summed E-state index contributed by atoms with van der Waals surface area (Å²) in [6, 6.07) is 0. The molecule has 194 valence electrons. The van der Waals surface area contributed by atoms with E-state index in [0.717, 1.165) is 19.3 Å². The fraction of sp³-hybridized carbons (Fsp3) is 0.889. The summed E-state index contributed by atoms with van der Waals surface area (Å²) in [7, 11) is 0. The average Bonchev–Trinajstić information content (AvgIpc) is 2.72. The van der Waals surface area contributed by atoms with Crippen molar-refractivity contribution in [3.8, 4) is 0 Å². The van der Waals surface area contributed by atoms with Gasteiger partial charge in [0.2, 0.25) is 0 Å². The molecule has 0 fully saturated rings. The number of carbonyl (C=O) groups is 3. The zero-order valence-electron chi connectivity index (χ0n) is 22.0. The summed E-state index contributed by atoms with van der Waals surface area (Å²) >= 11 is 0. The highest BCUT2D eigenvalue weighted by Gasteiger charge is 2.20. The van der Waals surface area contributed by atoms with E-state index in [1.807, 2.05) is 27.7 Å². The van der Waals surface area contributed by atoms with E-state index in [1.165, 1.54) is 51.4 Å². The SMILES string of the molecule is CCCCCCCCCCCCCC(=O)OC[C@H](COC(=O)CC(C)C)OC(=O)CC(C)C. The lowest BCUT2D eigenvalue weighted by atomic mass is 10.1. The molecule has 0 amide bonds. The van der Waals surface area contributed by atoms with Gasteiger partial charge < -0.3 is 14.2 Å². The monoisotopic (exact) mass is 470 g/mol. The first-order valence-corrected chi connectivity index (χ1v) is 13.2. The van der Waals surface area contributed by atoms with E-state index in [4.69, 9.17) is 14.2 Å². The molecule has 1 atom stereocenters. The summed E-state index contributed by atoms with van der Waals surface area (Å²) in [6.07, 6.45) is 13.6.